The van der Waals surface area contributed by atoms with E-state index in [2.05, 4.69) is 10.4 Å². The maximum atomic E-state index is 13.3. The number of rotatable bonds is 5. The Labute approximate surface area is 180 Å². The molecule has 0 radical (unpaired) electrons. The maximum absolute atomic E-state index is 13.3. The van der Waals surface area contributed by atoms with Gasteiger partial charge in [-0.25, -0.2) is 9.67 Å². The van der Waals surface area contributed by atoms with Gasteiger partial charge in [0, 0.05) is 30.7 Å². The third-order valence-corrected chi connectivity index (χ3v) is 5.73. The van der Waals surface area contributed by atoms with Crippen LogP contribution in [0, 0.1) is 0 Å². The molecule has 0 atom stereocenters. The lowest BCUT2D eigenvalue weighted by atomic mass is 10.0. The first-order chi connectivity index (χ1) is 14.2. The predicted octanol–water partition coefficient (Wildman–Crippen LogP) is 5.16. The Kier molecular flexibility index (Phi) is 6.45. The number of thioether (sulfide) groups is 1. The second-order valence-electron chi connectivity index (χ2n) is 7.88. The molecule has 7 nitrogen and oxygen atoms in total. The monoisotopic (exact) mass is 425 g/mol. The van der Waals surface area contributed by atoms with Crippen LogP contribution in [-0.4, -0.2) is 44.9 Å². The molecule has 30 heavy (non-hydrogen) atoms. The highest BCUT2D eigenvalue weighted by molar-refractivity contribution is 8.13. The number of carbonyl (C=O) groups excluding carboxylic acids is 2. The molecule has 0 aliphatic carbocycles. The molecule has 158 valence electrons. The van der Waals surface area contributed by atoms with Gasteiger partial charge in [0.2, 0.25) is 0 Å². The van der Waals surface area contributed by atoms with Gasteiger partial charge in [0.1, 0.15) is 0 Å². The molecule has 0 aliphatic rings. The van der Waals surface area contributed by atoms with Crippen molar-refractivity contribution in [3.8, 4) is 0 Å². The zero-order valence-corrected chi connectivity index (χ0v) is 18.9. The third-order valence-electron chi connectivity index (χ3n) is 4.61. The summed E-state index contributed by atoms with van der Waals surface area (Å²) in [6.45, 7) is 8.16. The quantitative estimate of drug-likeness (QED) is 0.571. The molecule has 0 bridgehead atoms. The molecule has 1 N–H and O–H groups in total. The minimum atomic E-state index is -0.252. The van der Waals surface area contributed by atoms with E-state index in [4.69, 9.17) is 4.98 Å². The molecule has 8 heteroatoms. The molecule has 0 aliphatic heterocycles. The van der Waals surface area contributed by atoms with Crippen molar-refractivity contribution < 1.29 is 9.59 Å². The molecule has 0 saturated heterocycles. The number of fused-ring (bicyclic) bond motifs is 1. The molecular formula is C22H27N5O2S. The maximum Gasteiger partial charge on any atom is 0.286 e. The lowest BCUT2D eigenvalue weighted by Crippen LogP contribution is -2.17. The molecule has 0 fully saturated rings. The summed E-state index contributed by atoms with van der Waals surface area (Å²) >= 11 is 1.08. The Morgan fingerprint density at radius 2 is 1.83 bits per heavy atom. The van der Waals surface area contributed by atoms with Gasteiger partial charge in [-0.15, -0.1) is 0 Å². The molecular weight excluding hydrogens is 398 g/mol. The summed E-state index contributed by atoms with van der Waals surface area (Å²) in [5, 5.41) is 8.01. The van der Waals surface area contributed by atoms with Gasteiger partial charge in [0.15, 0.2) is 5.65 Å². The second-order valence-corrected chi connectivity index (χ2v) is 8.88. The van der Waals surface area contributed by atoms with E-state index in [9.17, 15) is 9.59 Å². The third kappa shape index (κ3) is 4.48. The number of pyridine rings is 1. The van der Waals surface area contributed by atoms with Crippen LogP contribution in [0.3, 0.4) is 0 Å². The van der Waals surface area contributed by atoms with E-state index in [-0.39, 0.29) is 23.1 Å². The number of hydrogen-bond acceptors (Lipinski definition) is 5. The van der Waals surface area contributed by atoms with Gasteiger partial charge >= 0.3 is 0 Å². The Balaban J connectivity index is 2.01. The van der Waals surface area contributed by atoms with Gasteiger partial charge in [0.05, 0.1) is 22.8 Å². The molecule has 1 aromatic carbocycles. The molecule has 0 saturated carbocycles. The number of nitrogens with one attached hydrogen (secondary N) is 1. The van der Waals surface area contributed by atoms with E-state index in [0.29, 0.717) is 27.2 Å². The molecule has 3 rings (SSSR count). The number of aromatic nitrogens is 3. The van der Waals surface area contributed by atoms with Crippen LogP contribution in [0.4, 0.5) is 10.5 Å². The molecule has 2 heterocycles. The molecule has 2 aromatic heterocycles. The number of hydrogen-bond donors (Lipinski definition) is 1. The topological polar surface area (TPSA) is 80.1 Å². The van der Waals surface area contributed by atoms with Crippen LogP contribution < -0.4 is 5.32 Å². The van der Waals surface area contributed by atoms with Gasteiger partial charge in [-0.2, -0.15) is 5.10 Å². The summed E-state index contributed by atoms with van der Waals surface area (Å²) < 4.78 is 1.83. The van der Waals surface area contributed by atoms with E-state index in [1.165, 1.54) is 4.90 Å². The summed E-state index contributed by atoms with van der Waals surface area (Å²) in [7, 11) is 3.40. The SMILES string of the molecule is CC(C)c1cc(C(=O)Nc2ccccc2SC(=O)N(C)C)c2cnn(C(C)C)c2n1. The van der Waals surface area contributed by atoms with Crippen LogP contribution in [-0.2, 0) is 0 Å². The number of para-hydroxylation sites is 1. The molecule has 0 spiro atoms. The van der Waals surface area contributed by atoms with Crippen LogP contribution in [0.5, 0.6) is 0 Å². The first-order valence-electron chi connectivity index (χ1n) is 9.86. The van der Waals surface area contributed by atoms with Crippen molar-refractivity contribution in [2.75, 3.05) is 19.4 Å². The summed E-state index contributed by atoms with van der Waals surface area (Å²) in [5.74, 6) is -0.0880. The first kappa shape index (κ1) is 21.8. The van der Waals surface area contributed by atoms with Crippen molar-refractivity contribution >= 4 is 39.6 Å². The summed E-state index contributed by atoms with van der Waals surface area (Å²) in [6.07, 6.45) is 1.69. The van der Waals surface area contributed by atoms with Crippen molar-refractivity contribution in [1.29, 1.82) is 0 Å². The lowest BCUT2D eigenvalue weighted by Gasteiger charge is -2.14. The predicted molar refractivity (Wildman–Crippen MR) is 121 cm³/mol. The molecule has 2 amide bonds. The highest BCUT2D eigenvalue weighted by atomic mass is 32.2. The van der Waals surface area contributed by atoms with Crippen molar-refractivity contribution in [1.82, 2.24) is 19.7 Å². The van der Waals surface area contributed by atoms with Gasteiger partial charge < -0.3 is 10.2 Å². The fourth-order valence-electron chi connectivity index (χ4n) is 2.93. The Bertz CT molecular complexity index is 1090. The fraction of sp³-hybridized carbons (Fsp3) is 0.364. The minimum Gasteiger partial charge on any atom is -0.339 e. The van der Waals surface area contributed by atoms with Crippen LogP contribution in [0.25, 0.3) is 11.0 Å². The standard InChI is InChI=1S/C22H27N5O2S/c1-13(2)18-11-15(16-12-23-27(14(3)4)20(16)24-18)21(28)25-17-9-7-8-10-19(17)30-22(29)26(5)6/h7-14H,1-6H3,(H,25,28). The fourth-order valence-corrected chi connectivity index (χ4v) is 3.68. The number of benzene rings is 1. The van der Waals surface area contributed by atoms with Gasteiger partial charge in [-0.3, -0.25) is 9.59 Å². The molecule has 3 aromatic rings. The van der Waals surface area contributed by atoms with E-state index in [0.717, 1.165) is 17.5 Å². The van der Waals surface area contributed by atoms with E-state index in [1.54, 1.807) is 26.4 Å². The van der Waals surface area contributed by atoms with Crippen LogP contribution in [0.2, 0.25) is 0 Å². The second kappa shape index (κ2) is 8.87. The highest BCUT2D eigenvalue weighted by Crippen LogP contribution is 2.30. The average Bonchev–Trinajstić information content (AvgIpc) is 3.12. The smallest absolute Gasteiger partial charge is 0.286 e. The van der Waals surface area contributed by atoms with Gasteiger partial charge in [0.25, 0.3) is 11.1 Å². The zero-order valence-electron chi connectivity index (χ0n) is 18.1. The van der Waals surface area contributed by atoms with Crippen molar-refractivity contribution in [3.63, 3.8) is 0 Å². The van der Waals surface area contributed by atoms with Crippen LogP contribution in [0.15, 0.2) is 41.4 Å². The average molecular weight is 426 g/mol. The summed E-state index contributed by atoms with van der Waals surface area (Å²) in [4.78, 5) is 32.4. The Hall–Kier alpha value is -2.87. The molecule has 0 unspecified atom stereocenters. The largest absolute Gasteiger partial charge is 0.339 e. The van der Waals surface area contributed by atoms with E-state index >= 15 is 0 Å². The summed E-state index contributed by atoms with van der Waals surface area (Å²) in [5.41, 5.74) is 2.65. The Morgan fingerprint density at radius 3 is 2.47 bits per heavy atom. The number of nitrogens with zero attached hydrogens (tertiary/aromatic N) is 4. The van der Waals surface area contributed by atoms with Crippen LogP contribution in [0.1, 0.15) is 55.7 Å². The normalized spacial score (nSPS) is 11.3. The van der Waals surface area contributed by atoms with Crippen molar-refractivity contribution in [3.05, 3.63) is 47.8 Å². The number of carbonyl (C=O) groups is 2. The Morgan fingerprint density at radius 1 is 1.13 bits per heavy atom. The minimum absolute atomic E-state index is 0.108. The lowest BCUT2D eigenvalue weighted by molar-refractivity contribution is 0.102. The number of amides is 2. The van der Waals surface area contributed by atoms with Crippen molar-refractivity contribution in [2.45, 2.75) is 44.6 Å². The summed E-state index contributed by atoms with van der Waals surface area (Å²) in [6, 6.07) is 9.24. The van der Waals surface area contributed by atoms with Gasteiger partial charge in [-0.05, 0) is 49.7 Å². The van der Waals surface area contributed by atoms with Crippen LogP contribution >= 0.6 is 11.8 Å². The zero-order chi connectivity index (χ0) is 22.0. The first-order valence-corrected chi connectivity index (χ1v) is 10.7. The highest BCUT2D eigenvalue weighted by Gasteiger charge is 2.20. The number of anilines is 1. The van der Waals surface area contributed by atoms with E-state index in [1.807, 2.05) is 56.6 Å². The van der Waals surface area contributed by atoms with Crippen molar-refractivity contribution in [2.24, 2.45) is 0 Å². The van der Waals surface area contributed by atoms with Gasteiger partial charge in [-0.1, -0.05) is 26.0 Å². The van der Waals surface area contributed by atoms with E-state index < -0.39 is 0 Å².